The molecule has 0 aliphatic heterocycles. The van der Waals surface area contributed by atoms with E-state index in [9.17, 15) is 4.79 Å². The molecule has 1 amide bonds. The van der Waals surface area contributed by atoms with Gasteiger partial charge in [0.2, 0.25) is 5.91 Å². The molecule has 0 spiro atoms. The molecule has 2 heterocycles. The average Bonchev–Trinajstić information content (AvgIpc) is 3.10. The fourth-order valence-electron chi connectivity index (χ4n) is 1.87. The third kappa shape index (κ3) is 3.64. The number of carbonyl (C=O) groups excluding carboxylic acids is 1. The molecule has 0 aromatic carbocycles. The summed E-state index contributed by atoms with van der Waals surface area (Å²) >= 11 is 7.57. The molecule has 0 bridgehead atoms. The van der Waals surface area contributed by atoms with Crippen molar-refractivity contribution >= 4 is 28.8 Å². The third-order valence-corrected chi connectivity index (χ3v) is 4.58. The molecular weight excluding hydrogens is 294 g/mol. The van der Waals surface area contributed by atoms with Crippen LogP contribution in [0.25, 0.3) is 0 Å². The van der Waals surface area contributed by atoms with Gasteiger partial charge in [-0.25, -0.2) is 0 Å². The van der Waals surface area contributed by atoms with Crippen LogP contribution in [0.5, 0.6) is 0 Å². The van der Waals surface area contributed by atoms with Crippen LogP contribution in [0.4, 0.5) is 0 Å². The molecule has 0 saturated heterocycles. The summed E-state index contributed by atoms with van der Waals surface area (Å²) in [5, 5.41) is 2.01. The smallest absolute Gasteiger partial charge is 0.230 e. The summed E-state index contributed by atoms with van der Waals surface area (Å²) in [7, 11) is 0. The Bertz CT molecular complexity index is 498. The molecule has 0 fully saturated rings. The maximum absolute atomic E-state index is 12.7. The summed E-state index contributed by atoms with van der Waals surface area (Å²) < 4.78 is 5.36. The average molecular weight is 312 g/mol. The Balaban J connectivity index is 2.17. The number of rotatable bonds is 6. The second-order valence-electron chi connectivity index (χ2n) is 5.34. The lowest BCUT2D eigenvalue weighted by molar-refractivity contribution is -0.140. The van der Waals surface area contributed by atoms with Crippen LogP contribution in [0.1, 0.15) is 24.5 Å². The van der Waals surface area contributed by atoms with Gasteiger partial charge in [0.25, 0.3) is 0 Å². The Kier molecular flexibility index (Phi) is 4.89. The van der Waals surface area contributed by atoms with Crippen molar-refractivity contribution in [1.29, 1.82) is 0 Å². The Morgan fingerprint density at radius 1 is 1.35 bits per heavy atom. The van der Waals surface area contributed by atoms with Crippen molar-refractivity contribution in [2.75, 3.05) is 5.88 Å². The van der Waals surface area contributed by atoms with E-state index in [0.29, 0.717) is 19.0 Å². The van der Waals surface area contributed by atoms with Crippen molar-refractivity contribution in [3.05, 3.63) is 46.5 Å². The summed E-state index contributed by atoms with van der Waals surface area (Å²) in [6, 6.07) is 7.72. The number of hydrogen-bond donors (Lipinski definition) is 0. The molecule has 0 unspecified atom stereocenters. The Hall–Kier alpha value is -1.26. The quantitative estimate of drug-likeness (QED) is 0.751. The number of furan rings is 1. The second-order valence-corrected chi connectivity index (χ2v) is 6.64. The normalized spacial score (nSPS) is 11.6. The lowest BCUT2D eigenvalue weighted by Crippen LogP contribution is -2.41. The Morgan fingerprint density at radius 2 is 2.15 bits per heavy atom. The monoisotopic (exact) mass is 311 g/mol. The minimum Gasteiger partial charge on any atom is -0.467 e. The van der Waals surface area contributed by atoms with Gasteiger partial charge in [-0.05, 0) is 37.4 Å². The topological polar surface area (TPSA) is 33.5 Å². The van der Waals surface area contributed by atoms with Gasteiger partial charge in [-0.3, -0.25) is 4.79 Å². The van der Waals surface area contributed by atoms with E-state index in [2.05, 4.69) is 0 Å². The van der Waals surface area contributed by atoms with E-state index in [4.69, 9.17) is 16.0 Å². The van der Waals surface area contributed by atoms with Crippen LogP contribution < -0.4 is 0 Å². The zero-order valence-corrected chi connectivity index (χ0v) is 13.2. The van der Waals surface area contributed by atoms with Crippen LogP contribution >= 0.6 is 22.9 Å². The van der Waals surface area contributed by atoms with E-state index in [-0.39, 0.29) is 5.91 Å². The van der Waals surface area contributed by atoms with Crippen molar-refractivity contribution in [2.24, 2.45) is 5.41 Å². The highest BCUT2D eigenvalue weighted by molar-refractivity contribution is 7.09. The van der Waals surface area contributed by atoms with Crippen molar-refractivity contribution in [1.82, 2.24) is 4.90 Å². The first-order valence-electron chi connectivity index (χ1n) is 6.43. The molecule has 5 heteroatoms. The summed E-state index contributed by atoms with van der Waals surface area (Å²) in [4.78, 5) is 15.6. The molecule has 0 radical (unpaired) electrons. The van der Waals surface area contributed by atoms with E-state index >= 15 is 0 Å². The van der Waals surface area contributed by atoms with E-state index in [1.165, 1.54) is 0 Å². The maximum atomic E-state index is 12.7. The molecule has 0 aliphatic rings. The van der Waals surface area contributed by atoms with Gasteiger partial charge in [0, 0.05) is 10.8 Å². The number of thiophene rings is 1. The molecule has 20 heavy (non-hydrogen) atoms. The predicted octanol–water partition coefficient (Wildman–Crippen LogP) is 4.13. The molecule has 0 N–H and O–H groups in total. The van der Waals surface area contributed by atoms with E-state index in [1.807, 2.05) is 43.5 Å². The molecular formula is C15H18ClNO2S. The summed E-state index contributed by atoms with van der Waals surface area (Å²) in [6.07, 6.45) is 1.62. The van der Waals surface area contributed by atoms with Gasteiger partial charge in [-0.15, -0.1) is 22.9 Å². The van der Waals surface area contributed by atoms with E-state index in [0.717, 1.165) is 10.6 Å². The molecule has 0 saturated carbocycles. The molecule has 2 aromatic rings. The van der Waals surface area contributed by atoms with Crippen molar-refractivity contribution in [3.63, 3.8) is 0 Å². The van der Waals surface area contributed by atoms with Gasteiger partial charge in [-0.2, -0.15) is 0 Å². The summed E-state index contributed by atoms with van der Waals surface area (Å²) in [6.45, 7) is 4.78. The van der Waals surface area contributed by atoms with Crippen LogP contribution in [-0.2, 0) is 17.9 Å². The van der Waals surface area contributed by atoms with Crippen LogP contribution in [-0.4, -0.2) is 16.7 Å². The van der Waals surface area contributed by atoms with Crippen molar-refractivity contribution in [2.45, 2.75) is 26.9 Å². The molecule has 2 aromatic heterocycles. The zero-order chi connectivity index (χ0) is 14.6. The number of halogens is 1. The lowest BCUT2D eigenvalue weighted by Gasteiger charge is -2.29. The molecule has 3 nitrogen and oxygen atoms in total. The molecule has 0 aliphatic carbocycles. The van der Waals surface area contributed by atoms with Crippen molar-refractivity contribution in [3.8, 4) is 0 Å². The van der Waals surface area contributed by atoms with Gasteiger partial charge in [-0.1, -0.05) is 6.07 Å². The van der Waals surface area contributed by atoms with Crippen molar-refractivity contribution < 1.29 is 9.21 Å². The van der Waals surface area contributed by atoms with Gasteiger partial charge in [0.1, 0.15) is 5.76 Å². The van der Waals surface area contributed by atoms with Crippen LogP contribution in [0, 0.1) is 5.41 Å². The highest BCUT2D eigenvalue weighted by Crippen LogP contribution is 2.24. The standard InChI is InChI=1S/C15H18ClNO2S/c1-15(2,11-16)14(18)17(9-12-5-3-7-19-12)10-13-6-4-8-20-13/h3-8H,9-11H2,1-2H3. The summed E-state index contributed by atoms with van der Waals surface area (Å²) in [5.41, 5.74) is -0.578. The Morgan fingerprint density at radius 3 is 2.70 bits per heavy atom. The van der Waals surface area contributed by atoms with Crippen LogP contribution in [0.2, 0.25) is 0 Å². The highest BCUT2D eigenvalue weighted by atomic mass is 35.5. The molecule has 108 valence electrons. The van der Waals surface area contributed by atoms with Gasteiger partial charge in [0.15, 0.2) is 0 Å². The first-order chi connectivity index (χ1) is 9.53. The fraction of sp³-hybridized carbons (Fsp3) is 0.400. The van der Waals surface area contributed by atoms with Crippen LogP contribution in [0.15, 0.2) is 40.3 Å². The minimum absolute atomic E-state index is 0.0392. The minimum atomic E-state index is -0.578. The summed E-state index contributed by atoms with van der Waals surface area (Å²) in [5.74, 6) is 1.11. The SMILES string of the molecule is CC(C)(CCl)C(=O)N(Cc1ccco1)Cc1cccs1. The number of nitrogens with zero attached hydrogens (tertiary/aromatic N) is 1. The number of amides is 1. The molecule has 2 rings (SSSR count). The fourth-order valence-corrected chi connectivity index (χ4v) is 2.70. The van der Waals surface area contributed by atoms with Crippen LogP contribution in [0.3, 0.4) is 0 Å². The number of alkyl halides is 1. The largest absolute Gasteiger partial charge is 0.467 e. The van der Waals surface area contributed by atoms with Gasteiger partial charge >= 0.3 is 0 Å². The predicted molar refractivity (Wildman–Crippen MR) is 81.8 cm³/mol. The number of carbonyl (C=O) groups is 1. The maximum Gasteiger partial charge on any atom is 0.230 e. The second kappa shape index (κ2) is 6.46. The van der Waals surface area contributed by atoms with Gasteiger partial charge in [0.05, 0.1) is 24.8 Å². The zero-order valence-electron chi connectivity index (χ0n) is 11.6. The molecule has 0 atom stereocenters. The third-order valence-electron chi connectivity index (χ3n) is 3.05. The van der Waals surface area contributed by atoms with E-state index < -0.39 is 5.41 Å². The number of hydrogen-bond acceptors (Lipinski definition) is 3. The van der Waals surface area contributed by atoms with E-state index in [1.54, 1.807) is 22.5 Å². The first-order valence-corrected chi connectivity index (χ1v) is 7.84. The van der Waals surface area contributed by atoms with Gasteiger partial charge < -0.3 is 9.32 Å². The first kappa shape index (κ1) is 15.1. The lowest BCUT2D eigenvalue weighted by atomic mass is 9.94. The Labute approximate surface area is 128 Å². The highest BCUT2D eigenvalue weighted by Gasteiger charge is 2.31.